The Morgan fingerprint density at radius 2 is 2.20 bits per heavy atom. The first-order chi connectivity index (χ1) is 9.36. The molecule has 2 N–H and O–H groups in total. The van der Waals surface area contributed by atoms with Gasteiger partial charge in [0, 0.05) is 24.6 Å². The molecular formula is C14H17BrFN3O. The third-order valence-corrected chi connectivity index (χ3v) is 5.09. The van der Waals surface area contributed by atoms with Crippen molar-refractivity contribution in [3.8, 4) is 0 Å². The van der Waals surface area contributed by atoms with Crippen LogP contribution in [0.1, 0.15) is 26.3 Å². The molecule has 1 aromatic carbocycles. The third kappa shape index (κ3) is 1.78. The summed E-state index contributed by atoms with van der Waals surface area (Å²) in [5, 5.41) is 0. The Morgan fingerprint density at radius 1 is 1.50 bits per heavy atom. The van der Waals surface area contributed by atoms with Gasteiger partial charge in [0.1, 0.15) is 5.82 Å². The number of halogens is 2. The quantitative estimate of drug-likeness (QED) is 0.909. The first kappa shape index (κ1) is 13.8. The number of nitrogens with two attached hydrogens (primary N) is 1. The van der Waals surface area contributed by atoms with Crippen molar-refractivity contribution in [2.75, 3.05) is 12.8 Å². The molecule has 3 rings (SSSR count). The van der Waals surface area contributed by atoms with Crippen LogP contribution in [0.15, 0.2) is 16.6 Å². The Labute approximate surface area is 125 Å². The fourth-order valence-corrected chi connectivity index (χ4v) is 3.47. The van der Waals surface area contributed by atoms with Gasteiger partial charge in [0.25, 0.3) is 0 Å². The molecule has 108 valence electrons. The number of nitrogens with zero attached hydrogens (tertiary/aromatic N) is 2. The van der Waals surface area contributed by atoms with Gasteiger partial charge in [0.05, 0.1) is 21.6 Å². The van der Waals surface area contributed by atoms with Crippen molar-refractivity contribution in [3.63, 3.8) is 0 Å². The number of benzene rings is 1. The average Bonchev–Trinajstić information content (AvgIpc) is 2.66. The molecule has 0 aliphatic heterocycles. The lowest BCUT2D eigenvalue weighted by molar-refractivity contribution is -0.110. The van der Waals surface area contributed by atoms with E-state index >= 15 is 0 Å². The first-order valence-corrected chi connectivity index (χ1v) is 7.30. The number of rotatable bonds is 2. The molecule has 20 heavy (non-hydrogen) atoms. The van der Waals surface area contributed by atoms with Gasteiger partial charge < -0.3 is 15.0 Å². The molecule has 1 heterocycles. The molecule has 0 amide bonds. The van der Waals surface area contributed by atoms with Gasteiger partial charge in [0.2, 0.25) is 5.95 Å². The van der Waals surface area contributed by atoms with E-state index in [4.69, 9.17) is 10.5 Å². The van der Waals surface area contributed by atoms with Crippen LogP contribution < -0.4 is 5.73 Å². The highest BCUT2D eigenvalue weighted by Gasteiger charge is 2.50. The Kier molecular flexibility index (Phi) is 3.06. The van der Waals surface area contributed by atoms with Gasteiger partial charge in [-0.2, -0.15) is 0 Å². The van der Waals surface area contributed by atoms with E-state index in [1.807, 2.05) is 4.57 Å². The molecule has 1 aliphatic carbocycles. The second kappa shape index (κ2) is 4.43. The molecule has 1 saturated carbocycles. The van der Waals surface area contributed by atoms with Crippen molar-refractivity contribution >= 4 is 32.9 Å². The van der Waals surface area contributed by atoms with Crippen LogP contribution in [0.4, 0.5) is 10.3 Å². The van der Waals surface area contributed by atoms with E-state index in [0.29, 0.717) is 15.9 Å². The number of hydrogen-bond acceptors (Lipinski definition) is 3. The smallest absolute Gasteiger partial charge is 0.201 e. The van der Waals surface area contributed by atoms with E-state index in [0.717, 1.165) is 11.9 Å². The zero-order valence-corrected chi connectivity index (χ0v) is 13.2. The lowest BCUT2D eigenvalue weighted by atomic mass is 9.64. The maximum atomic E-state index is 13.8. The number of hydrogen-bond donors (Lipinski definition) is 1. The summed E-state index contributed by atoms with van der Waals surface area (Å²) in [6.45, 7) is 4.27. The van der Waals surface area contributed by atoms with Crippen LogP contribution in [0.2, 0.25) is 0 Å². The molecule has 0 radical (unpaired) electrons. The lowest BCUT2D eigenvalue weighted by Crippen LogP contribution is -2.51. The van der Waals surface area contributed by atoms with Gasteiger partial charge in [-0.25, -0.2) is 9.37 Å². The molecule has 2 atom stereocenters. The number of fused-ring (bicyclic) bond motifs is 1. The monoisotopic (exact) mass is 341 g/mol. The Morgan fingerprint density at radius 3 is 2.80 bits per heavy atom. The van der Waals surface area contributed by atoms with Gasteiger partial charge >= 0.3 is 0 Å². The molecule has 0 bridgehead atoms. The number of aromatic nitrogens is 2. The summed E-state index contributed by atoms with van der Waals surface area (Å²) >= 11 is 3.18. The van der Waals surface area contributed by atoms with Crippen molar-refractivity contribution in [1.29, 1.82) is 0 Å². The summed E-state index contributed by atoms with van der Waals surface area (Å²) in [4.78, 5) is 4.34. The molecule has 0 spiro atoms. The number of nitrogen functional groups attached to an aromatic ring is 1. The summed E-state index contributed by atoms with van der Waals surface area (Å²) in [7, 11) is 1.72. The van der Waals surface area contributed by atoms with Crippen molar-refractivity contribution in [2.24, 2.45) is 5.41 Å². The normalized spacial score (nSPS) is 24.9. The fraction of sp³-hybridized carbons (Fsp3) is 0.500. The lowest BCUT2D eigenvalue weighted by Gasteiger charge is -2.51. The third-order valence-electron chi connectivity index (χ3n) is 4.48. The SMILES string of the molecule is COC1CC(n2c(N)nc3cc(Br)c(F)cc32)C1(C)C. The number of anilines is 1. The number of ether oxygens (including phenoxy) is 1. The second-order valence-corrected chi connectivity index (χ2v) is 6.75. The van der Waals surface area contributed by atoms with Gasteiger partial charge in [-0.3, -0.25) is 0 Å². The number of imidazole rings is 1. The molecular weight excluding hydrogens is 325 g/mol. The van der Waals surface area contributed by atoms with Gasteiger partial charge in [-0.15, -0.1) is 0 Å². The van der Waals surface area contributed by atoms with E-state index in [9.17, 15) is 4.39 Å². The molecule has 2 aromatic rings. The molecule has 6 heteroatoms. The molecule has 1 fully saturated rings. The number of methoxy groups -OCH3 is 1. The van der Waals surface area contributed by atoms with Crippen LogP contribution in [-0.2, 0) is 4.74 Å². The van der Waals surface area contributed by atoms with Crippen molar-refractivity contribution in [2.45, 2.75) is 32.4 Å². The first-order valence-electron chi connectivity index (χ1n) is 6.51. The predicted molar refractivity (Wildman–Crippen MR) is 80.0 cm³/mol. The molecule has 1 aliphatic rings. The van der Waals surface area contributed by atoms with Crippen LogP contribution in [-0.4, -0.2) is 22.8 Å². The van der Waals surface area contributed by atoms with E-state index in [-0.39, 0.29) is 23.4 Å². The zero-order valence-electron chi connectivity index (χ0n) is 11.7. The van der Waals surface area contributed by atoms with E-state index in [1.165, 1.54) is 6.07 Å². The van der Waals surface area contributed by atoms with Gasteiger partial charge in [-0.05, 0) is 28.4 Å². The van der Waals surface area contributed by atoms with Gasteiger partial charge in [-0.1, -0.05) is 13.8 Å². The summed E-state index contributed by atoms with van der Waals surface area (Å²) in [6.07, 6.45) is 1.04. The highest BCUT2D eigenvalue weighted by molar-refractivity contribution is 9.10. The Bertz CT molecular complexity index is 683. The molecule has 2 unspecified atom stereocenters. The Balaban J connectivity index is 2.13. The zero-order chi connectivity index (χ0) is 14.7. The molecule has 1 aromatic heterocycles. The minimum Gasteiger partial charge on any atom is -0.381 e. The fourth-order valence-electron chi connectivity index (χ4n) is 3.14. The summed E-state index contributed by atoms with van der Waals surface area (Å²) in [5.41, 5.74) is 7.42. The molecule has 4 nitrogen and oxygen atoms in total. The average molecular weight is 342 g/mol. The van der Waals surface area contributed by atoms with E-state index in [2.05, 4.69) is 34.8 Å². The van der Waals surface area contributed by atoms with Crippen LogP contribution >= 0.6 is 15.9 Å². The highest BCUT2D eigenvalue weighted by Crippen LogP contribution is 2.52. The van der Waals surface area contributed by atoms with Crippen molar-refractivity contribution in [3.05, 3.63) is 22.4 Å². The van der Waals surface area contributed by atoms with Crippen LogP contribution in [0.25, 0.3) is 11.0 Å². The minimum absolute atomic E-state index is 0.0555. The predicted octanol–water partition coefficient (Wildman–Crippen LogP) is 3.51. The standard InChI is InChI=1S/C14H17BrFN3O/c1-14(2)11(6-12(14)20-3)19-10-5-8(16)7(15)4-9(10)18-13(19)17/h4-5,11-12H,6H2,1-3H3,(H2,17,18). The second-order valence-electron chi connectivity index (χ2n) is 5.89. The summed E-state index contributed by atoms with van der Waals surface area (Å²) in [6, 6.07) is 3.31. The maximum absolute atomic E-state index is 13.8. The summed E-state index contributed by atoms with van der Waals surface area (Å²) in [5.74, 6) is 0.115. The Hall–Kier alpha value is -1.14. The largest absolute Gasteiger partial charge is 0.381 e. The van der Waals surface area contributed by atoms with E-state index < -0.39 is 0 Å². The van der Waals surface area contributed by atoms with Crippen molar-refractivity contribution < 1.29 is 9.13 Å². The van der Waals surface area contributed by atoms with Crippen molar-refractivity contribution in [1.82, 2.24) is 9.55 Å². The highest BCUT2D eigenvalue weighted by atomic mass is 79.9. The minimum atomic E-state index is -0.306. The van der Waals surface area contributed by atoms with Crippen LogP contribution in [0.3, 0.4) is 0 Å². The van der Waals surface area contributed by atoms with E-state index in [1.54, 1.807) is 13.2 Å². The molecule has 0 saturated heterocycles. The topological polar surface area (TPSA) is 53.1 Å². The van der Waals surface area contributed by atoms with Crippen LogP contribution in [0, 0.1) is 11.2 Å². The van der Waals surface area contributed by atoms with Crippen LogP contribution in [0.5, 0.6) is 0 Å². The maximum Gasteiger partial charge on any atom is 0.201 e. The van der Waals surface area contributed by atoms with Gasteiger partial charge in [0.15, 0.2) is 0 Å². The summed E-state index contributed by atoms with van der Waals surface area (Å²) < 4.78 is 21.6.